The maximum absolute atomic E-state index is 12.5. The van der Waals surface area contributed by atoms with E-state index in [-0.39, 0.29) is 22.1 Å². The third-order valence-corrected chi connectivity index (χ3v) is 5.80. The Morgan fingerprint density at radius 1 is 0.759 bits per heavy atom. The number of anilines is 1. The van der Waals surface area contributed by atoms with Gasteiger partial charge in [-0.05, 0) is 29.8 Å². The van der Waals surface area contributed by atoms with Crippen LogP contribution in [0.3, 0.4) is 0 Å². The minimum absolute atomic E-state index is 0.0732. The second kappa shape index (κ2) is 9.16. The molecule has 0 saturated carbocycles. The van der Waals surface area contributed by atoms with Crippen LogP contribution in [0.15, 0.2) is 89.8 Å². The van der Waals surface area contributed by atoms with Crippen LogP contribution < -0.4 is 10.6 Å². The summed E-state index contributed by atoms with van der Waals surface area (Å²) in [6.45, 7) is 0.338. The van der Waals surface area contributed by atoms with Crippen molar-refractivity contribution < 1.29 is 18.0 Å². The molecule has 0 aliphatic rings. The molecule has 0 aliphatic heterocycles. The Balaban J connectivity index is 1.68. The van der Waals surface area contributed by atoms with Crippen molar-refractivity contribution in [3.63, 3.8) is 0 Å². The largest absolute Gasteiger partial charge is 0.348 e. The summed E-state index contributed by atoms with van der Waals surface area (Å²) in [5, 5.41) is 5.33. The Hall–Kier alpha value is -3.45. The summed E-state index contributed by atoms with van der Waals surface area (Å²) in [4.78, 5) is 25.0. The third kappa shape index (κ3) is 5.52. The number of para-hydroxylation sites is 1. The Kier molecular flexibility index (Phi) is 6.41. The molecule has 3 aromatic rings. The number of hydrogen-bond donors (Lipinski definition) is 2. The molecular weight excluding hydrogens is 388 g/mol. The Morgan fingerprint density at radius 3 is 2.03 bits per heavy atom. The van der Waals surface area contributed by atoms with Gasteiger partial charge in [-0.15, -0.1) is 0 Å². The molecule has 0 unspecified atom stereocenters. The molecular formula is C22H20N2O4S. The summed E-state index contributed by atoms with van der Waals surface area (Å²) < 4.78 is 24.7. The zero-order valence-corrected chi connectivity index (χ0v) is 16.4. The van der Waals surface area contributed by atoms with Crippen molar-refractivity contribution in [3.05, 3.63) is 96.1 Å². The maximum Gasteiger partial charge on any atom is 0.253 e. The Labute approximate surface area is 169 Å². The van der Waals surface area contributed by atoms with E-state index in [4.69, 9.17) is 0 Å². The monoisotopic (exact) mass is 408 g/mol. The van der Waals surface area contributed by atoms with E-state index in [1.54, 1.807) is 42.5 Å². The first-order chi connectivity index (χ1) is 14.0. The van der Waals surface area contributed by atoms with E-state index >= 15 is 0 Å². The first-order valence-corrected chi connectivity index (χ1v) is 10.6. The highest BCUT2D eigenvalue weighted by atomic mass is 32.2. The van der Waals surface area contributed by atoms with Crippen LogP contribution in [0.5, 0.6) is 0 Å². The topological polar surface area (TPSA) is 92.3 Å². The lowest BCUT2D eigenvalue weighted by molar-refractivity contribution is -0.113. The van der Waals surface area contributed by atoms with Gasteiger partial charge in [0.05, 0.1) is 16.1 Å². The van der Waals surface area contributed by atoms with E-state index in [2.05, 4.69) is 10.6 Å². The molecule has 0 bridgehead atoms. The maximum atomic E-state index is 12.5. The van der Waals surface area contributed by atoms with Gasteiger partial charge in [-0.2, -0.15) is 0 Å². The smallest absolute Gasteiger partial charge is 0.253 e. The average Bonchev–Trinajstić information content (AvgIpc) is 2.73. The molecule has 0 heterocycles. The van der Waals surface area contributed by atoms with Gasteiger partial charge < -0.3 is 10.6 Å². The van der Waals surface area contributed by atoms with Crippen LogP contribution >= 0.6 is 0 Å². The van der Waals surface area contributed by atoms with Crippen molar-refractivity contribution in [2.24, 2.45) is 0 Å². The molecule has 0 spiro atoms. The number of carbonyl (C=O) groups is 2. The predicted octanol–water partition coefficient (Wildman–Crippen LogP) is 3.03. The number of sulfone groups is 1. The highest BCUT2D eigenvalue weighted by Crippen LogP contribution is 2.16. The van der Waals surface area contributed by atoms with Crippen molar-refractivity contribution >= 4 is 27.3 Å². The van der Waals surface area contributed by atoms with Crippen LogP contribution in [0.2, 0.25) is 0 Å². The summed E-state index contributed by atoms with van der Waals surface area (Å²) in [7, 11) is -3.77. The van der Waals surface area contributed by atoms with Crippen molar-refractivity contribution in [1.29, 1.82) is 0 Å². The molecule has 148 valence electrons. The third-order valence-electron chi connectivity index (χ3n) is 4.17. The number of amides is 2. The molecule has 0 aromatic heterocycles. The summed E-state index contributed by atoms with van der Waals surface area (Å²) in [6, 6.07) is 23.7. The number of hydrogen-bond acceptors (Lipinski definition) is 4. The highest BCUT2D eigenvalue weighted by molar-refractivity contribution is 7.92. The molecule has 7 heteroatoms. The fourth-order valence-corrected chi connectivity index (χ4v) is 3.89. The molecule has 29 heavy (non-hydrogen) atoms. The lowest BCUT2D eigenvalue weighted by atomic mass is 10.1. The van der Waals surface area contributed by atoms with Crippen LogP contribution in [0.25, 0.3) is 0 Å². The molecule has 0 aliphatic carbocycles. The van der Waals surface area contributed by atoms with Crippen molar-refractivity contribution in [3.8, 4) is 0 Å². The Morgan fingerprint density at radius 2 is 1.34 bits per heavy atom. The van der Waals surface area contributed by atoms with Crippen molar-refractivity contribution in [1.82, 2.24) is 5.32 Å². The van der Waals surface area contributed by atoms with Crippen molar-refractivity contribution in [2.45, 2.75) is 11.4 Å². The van der Waals surface area contributed by atoms with Gasteiger partial charge in [0.25, 0.3) is 5.91 Å². The summed E-state index contributed by atoms with van der Waals surface area (Å²) >= 11 is 0. The number of benzene rings is 3. The first kappa shape index (κ1) is 20.3. The van der Waals surface area contributed by atoms with Gasteiger partial charge in [-0.3, -0.25) is 9.59 Å². The molecule has 3 rings (SSSR count). The minimum atomic E-state index is -3.77. The summed E-state index contributed by atoms with van der Waals surface area (Å²) in [5.41, 5.74) is 1.46. The number of carbonyl (C=O) groups excluding carboxylic acids is 2. The first-order valence-electron chi connectivity index (χ1n) is 8.94. The lowest BCUT2D eigenvalue weighted by Gasteiger charge is -2.12. The van der Waals surface area contributed by atoms with E-state index in [0.717, 1.165) is 5.56 Å². The van der Waals surface area contributed by atoms with Gasteiger partial charge in [0.2, 0.25) is 5.91 Å². The quantitative estimate of drug-likeness (QED) is 0.629. The van der Waals surface area contributed by atoms with Crippen molar-refractivity contribution in [2.75, 3.05) is 11.1 Å². The van der Waals surface area contributed by atoms with Gasteiger partial charge in [0, 0.05) is 6.54 Å². The van der Waals surface area contributed by atoms with E-state index < -0.39 is 21.5 Å². The van der Waals surface area contributed by atoms with E-state index in [9.17, 15) is 18.0 Å². The summed E-state index contributed by atoms with van der Waals surface area (Å²) in [5.74, 6) is -1.79. The van der Waals surface area contributed by atoms with Crippen LogP contribution in [0.4, 0.5) is 5.69 Å². The molecule has 0 atom stereocenters. The fourth-order valence-electron chi connectivity index (χ4n) is 2.73. The zero-order valence-electron chi connectivity index (χ0n) is 15.5. The second-order valence-corrected chi connectivity index (χ2v) is 8.32. The van der Waals surface area contributed by atoms with Gasteiger partial charge in [-0.1, -0.05) is 60.7 Å². The van der Waals surface area contributed by atoms with Crippen LogP contribution in [-0.4, -0.2) is 26.0 Å². The van der Waals surface area contributed by atoms with E-state index in [0.29, 0.717) is 6.54 Å². The SMILES string of the molecule is O=C(CS(=O)(=O)c1ccccc1)Nc1ccccc1C(=O)NCc1ccccc1. The minimum Gasteiger partial charge on any atom is -0.348 e. The van der Waals surface area contributed by atoms with E-state index in [1.165, 1.54) is 12.1 Å². The molecule has 3 aromatic carbocycles. The van der Waals surface area contributed by atoms with Crippen LogP contribution in [-0.2, 0) is 21.2 Å². The normalized spacial score (nSPS) is 10.9. The fraction of sp³-hybridized carbons (Fsp3) is 0.0909. The van der Waals surface area contributed by atoms with Gasteiger partial charge in [-0.25, -0.2) is 8.42 Å². The summed E-state index contributed by atoms with van der Waals surface area (Å²) in [6.07, 6.45) is 0. The van der Waals surface area contributed by atoms with Gasteiger partial charge >= 0.3 is 0 Å². The average molecular weight is 408 g/mol. The van der Waals surface area contributed by atoms with Crippen LogP contribution in [0.1, 0.15) is 15.9 Å². The second-order valence-electron chi connectivity index (χ2n) is 6.33. The predicted molar refractivity (Wildman–Crippen MR) is 111 cm³/mol. The highest BCUT2D eigenvalue weighted by Gasteiger charge is 2.20. The number of rotatable bonds is 7. The Bertz CT molecular complexity index is 1100. The molecule has 2 N–H and O–H groups in total. The lowest BCUT2D eigenvalue weighted by Crippen LogP contribution is -2.27. The number of nitrogens with one attached hydrogen (secondary N) is 2. The molecule has 0 saturated heterocycles. The molecule has 0 fully saturated rings. The standard InChI is InChI=1S/C22H20N2O4S/c25-21(16-29(27,28)18-11-5-2-6-12-18)24-20-14-8-7-13-19(20)22(26)23-15-17-9-3-1-4-10-17/h1-14H,15-16H2,(H,23,26)(H,24,25). The zero-order chi connectivity index (χ0) is 20.7. The molecule has 0 radical (unpaired) electrons. The molecule has 2 amide bonds. The molecule has 6 nitrogen and oxygen atoms in total. The van der Waals surface area contributed by atoms with Gasteiger partial charge in [0.15, 0.2) is 9.84 Å². The van der Waals surface area contributed by atoms with Gasteiger partial charge in [0.1, 0.15) is 5.75 Å². The van der Waals surface area contributed by atoms with E-state index in [1.807, 2.05) is 30.3 Å². The van der Waals surface area contributed by atoms with Crippen LogP contribution in [0, 0.1) is 0 Å².